The molecule has 702 valence electrons. The van der Waals surface area contributed by atoms with Crippen molar-refractivity contribution in [2.45, 2.75) is 272 Å². The van der Waals surface area contributed by atoms with E-state index in [2.05, 4.69) is 52.1 Å². The summed E-state index contributed by atoms with van der Waals surface area (Å²) >= 11 is 20.9. The van der Waals surface area contributed by atoms with Crippen LogP contribution < -0.4 is 26.7 Å². The zero-order chi connectivity index (χ0) is 92.7. The quantitative estimate of drug-likeness (QED) is 0.0165. The van der Waals surface area contributed by atoms with Gasteiger partial charge in [0.2, 0.25) is 35.4 Å². The Morgan fingerprint density at radius 1 is 0.492 bits per heavy atom. The predicted octanol–water partition coefficient (Wildman–Crippen LogP) is 20.5. The molecule has 6 N–H and O–H groups in total. The highest BCUT2D eigenvalue weighted by Gasteiger charge is 2.61. The van der Waals surface area contributed by atoms with Gasteiger partial charge in [-0.25, -0.2) is 24.5 Å². The van der Waals surface area contributed by atoms with Crippen LogP contribution in [0.4, 0.5) is 9.59 Å². The minimum atomic E-state index is -1.41. The van der Waals surface area contributed by atoms with E-state index < -0.39 is 18.3 Å². The van der Waals surface area contributed by atoms with Crippen molar-refractivity contribution in [2.75, 3.05) is 39.3 Å². The first-order valence-electron chi connectivity index (χ1n) is 46.0. The molecule has 0 radical (unpaired) electrons. The zero-order valence-electron chi connectivity index (χ0n) is 80.5. The molecule has 0 bridgehead atoms. The summed E-state index contributed by atoms with van der Waals surface area (Å²) in [6.07, 6.45) is 26.1. The number of rotatable bonds is 33. The second-order valence-electron chi connectivity index (χ2n) is 34.3. The summed E-state index contributed by atoms with van der Waals surface area (Å²) in [7, 11) is -1.41. The van der Waals surface area contributed by atoms with Gasteiger partial charge in [0.05, 0.1) is 18.6 Å². The first-order chi connectivity index (χ1) is 59.7. The number of hydrogen-bond acceptors (Lipinski definition) is 19. The van der Waals surface area contributed by atoms with Crippen LogP contribution in [0.1, 0.15) is 291 Å². The third kappa shape index (κ3) is 35.8. The number of nitrogens with zero attached hydrogens (tertiary/aromatic N) is 5. The molecule has 5 amide bonds. The lowest BCUT2D eigenvalue weighted by Gasteiger charge is -2.34. The number of ketones is 3. The van der Waals surface area contributed by atoms with Gasteiger partial charge in [-0.2, -0.15) is 81.0 Å². The number of piperidine rings is 3. The fourth-order valence-corrected chi connectivity index (χ4v) is 16.4. The number of likely N-dealkylation sites (tertiary alicyclic amines) is 2. The smallest absolute Gasteiger partial charge is 0.444 e. The van der Waals surface area contributed by atoms with Gasteiger partial charge in [0.1, 0.15) is 46.7 Å². The van der Waals surface area contributed by atoms with Gasteiger partial charge in [0.15, 0.2) is 16.2 Å². The van der Waals surface area contributed by atoms with Crippen molar-refractivity contribution in [3.8, 4) is 22.6 Å². The molecule has 3 aliphatic heterocycles. The summed E-state index contributed by atoms with van der Waals surface area (Å²) in [6.45, 7) is 21.3. The van der Waals surface area contributed by atoms with E-state index in [1.807, 2.05) is 98.7 Å². The highest BCUT2D eigenvalue weighted by molar-refractivity contribution is 9.10. The molecule has 0 unspecified atom stereocenters. The van der Waals surface area contributed by atoms with Gasteiger partial charge in [0, 0.05) is 121 Å². The highest BCUT2D eigenvalue weighted by atomic mass is 79.9. The largest absolute Gasteiger partial charge is 0.488 e. The van der Waals surface area contributed by atoms with E-state index in [0.717, 1.165) is 146 Å². The van der Waals surface area contributed by atoms with Crippen molar-refractivity contribution < 1.29 is 83.0 Å². The topological polar surface area (TPSA) is 328 Å². The summed E-state index contributed by atoms with van der Waals surface area (Å²) in [5.41, 5.74) is 1.28. The fraction of sp³-hybridized carbons (Fsp3) is 0.607. The number of hydrogen-bond donors (Lipinski definition) is 6. The van der Waals surface area contributed by atoms with Crippen LogP contribution in [0.25, 0.3) is 22.6 Å². The van der Waals surface area contributed by atoms with Crippen LogP contribution in [0.5, 0.6) is 0 Å². The summed E-state index contributed by atoms with van der Waals surface area (Å²) in [5.74, 6) is 3.82. The molecule has 6 fully saturated rings. The maximum atomic E-state index is 13.5. The van der Waals surface area contributed by atoms with Crippen LogP contribution in [-0.2, 0) is 38.2 Å². The average molecular weight is 1980 g/mol. The van der Waals surface area contributed by atoms with Crippen molar-refractivity contribution in [1.29, 1.82) is 0 Å². The van der Waals surface area contributed by atoms with E-state index in [1.54, 1.807) is 64.8 Å². The molecule has 12 rings (SSSR count). The summed E-state index contributed by atoms with van der Waals surface area (Å²) < 4.78 is 69.4. The van der Waals surface area contributed by atoms with Crippen molar-refractivity contribution in [3.05, 3.63) is 129 Å². The number of oxazole rings is 3. The summed E-state index contributed by atoms with van der Waals surface area (Å²) in [6, 6.07) is 20.2. The number of Topliss-reactive ketones (excluding diaryl/α,β-unsaturated/α-hetero) is 3. The zero-order valence-corrected chi connectivity index (χ0v) is 82.3. The molecular formula is C89H144BBrCl3N9O15S6. The maximum absolute atomic E-state index is 13.5. The van der Waals surface area contributed by atoms with Crippen molar-refractivity contribution >= 4 is 192 Å². The number of benzene rings is 3. The number of ether oxygens (including phenoxy) is 2. The molecule has 6 heterocycles. The third-order valence-electron chi connectivity index (χ3n) is 23.3. The van der Waals surface area contributed by atoms with E-state index in [9.17, 15) is 38.4 Å². The van der Waals surface area contributed by atoms with Gasteiger partial charge < -0.3 is 63.8 Å². The number of nitrogens with one attached hydrogen (secondary N) is 4. The summed E-state index contributed by atoms with van der Waals surface area (Å²) in [4.78, 5) is 116. The average Bonchev–Trinajstić information content (AvgIpc) is 1.60. The van der Waals surface area contributed by atoms with E-state index in [4.69, 9.17) is 79.5 Å². The third-order valence-corrected chi connectivity index (χ3v) is 24.4. The summed E-state index contributed by atoms with van der Waals surface area (Å²) in [5, 5.41) is 32.2. The molecule has 3 aromatic carbocycles. The van der Waals surface area contributed by atoms with Gasteiger partial charge in [-0.3, -0.25) is 28.8 Å². The van der Waals surface area contributed by atoms with Crippen LogP contribution in [0.3, 0.4) is 0 Å². The number of amides is 5. The molecule has 3 aromatic heterocycles. The minimum Gasteiger partial charge on any atom is -0.444 e. The highest BCUT2D eigenvalue weighted by Crippen LogP contribution is 2.61. The van der Waals surface area contributed by atoms with Gasteiger partial charge in [0.25, 0.3) is 0 Å². The van der Waals surface area contributed by atoms with Crippen LogP contribution in [0, 0.1) is 34.0 Å². The van der Waals surface area contributed by atoms with Crippen molar-refractivity contribution in [3.63, 3.8) is 0 Å². The number of halogens is 4. The number of aromatic nitrogens is 3. The van der Waals surface area contributed by atoms with Crippen LogP contribution >= 0.6 is 132 Å². The lowest BCUT2D eigenvalue weighted by atomic mass is 9.81. The van der Waals surface area contributed by atoms with Crippen molar-refractivity contribution in [2.24, 2.45) is 34.0 Å². The normalized spacial score (nSPS) is 17.9. The first-order valence-corrected chi connectivity index (χ1v) is 43.9. The Morgan fingerprint density at radius 3 is 1.08 bits per heavy atom. The SMILES string of the molecule is C.CCC(=O)CCCCC[C@H](NC(=O)[C@H]1CC12CCN(C(=O)OC(C)(C)C)CC2)c1ncc(-c2ccc(Cl)cc2)o1.CCC(=O)CCCCC[C@H](NC(=O)[C@H]1CC12CCN(C(=O)OC(C)(C)C)CC2)c1ncc(Br)o1.CCC(=O)CCCCC[C@H](NC(=O)[C@H]1CC12CCNCC2)c1ncc(-c2ccc(Cl)cc2)o1.OB(O)c1ccc(Cl)cc1.S.S.S.S.S.S.[2H][2H].[2H][2H].[2H][2H].[2H][2H]. The Hall–Kier alpha value is -5.36. The van der Waals surface area contributed by atoms with Gasteiger partial charge in [-0.1, -0.05) is 114 Å². The second kappa shape index (κ2) is 54.3. The number of unbranched alkanes of at least 4 members (excludes halogenated alkanes) is 6. The molecule has 6 atom stereocenters. The Labute approximate surface area is 811 Å². The molecule has 24 nitrogen and oxygen atoms in total. The van der Waals surface area contributed by atoms with Crippen LogP contribution in [-0.4, -0.2) is 140 Å². The van der Waals surface area contributed by atoms with Gasteiger partial charge in [-0.05, 0) is 249 Å². The fourth-order valence-electron chi connectivity index (χ4n) is 15.8. The number of carbonyl (C=O) groups is 8. The minimum absolute atomic E-state index is 0. The lowest BCUT2D eigenvalue weighted by molar-refractivity contribution is -0.125. The van der Waals surface area contributed by atoms with Gasteiger partial charge in [-0.15, -0.1) is 0 Å². The molecule has 3 saturated carbocycles. The molecule has 6 aromatic rings. The Balaban J connectivity index is -0.00000169. The molecule has 6 aliphatic rings. The van der Waals surface area contributed by atoms with E-state index in [1.165, 1.54) is 0 Å². The lowest BCUT2D eigenvalue weighted by Crippen LogP contribution is -2.43. The predicted molar refractivity (Wildman–Crippen MR) is 532 cm³/mol. The molecular weight excluding hydrogens is 1820 g/mol. The monoisotopic (exact) mass is 1970 g/mol. The maximum Gasteiger partial charge on any atom is 0.488 e. The Bertz CT molecular complexity index is 4300. The van der Waals surface area contributed by atoms with Gasteiger partial charge >= 0.3 is 19.3 Å². The molecule has 3 aliphatic carbocycles. The number of carbonyl (C=O) groups excluding carboxylic acids is 8. The Kier molecular flexibility index (Phi) is 47.1. The van der Waals surface area contributed by atoms with E-state index in [0.29, 0.717) is 144 Å². The van der Waals surface area contributed by atoms with E-state index >= 15 is 0 Å². The van der Waals surface area contributed by atoms with Crippen molar-refractivity contribution in [1.82, 2.24) is 46.0 Å². The van der Waals surface area contributed by atoms with Crippen LogP contribution in [0.15, 0.2) is 109 Å². The second-order valence-corrected chi connectivity index (χ2v) is 36.4. The van der Waals surface area contributed by atoms with Crippen LogP contribution in [0.2, 0.25) is 15.1 Å². The first kappa shape index (κ1) is 107. The molecule has 3 saturated heterocycles. The van der Waals surface area contributed by atoms with E-state index in [-0.39, 0.29) is 176 Å². The standard InChI is InChI=1S/C31H42ClN3O5.C26H34ClN3O3.C25H38BrN3O5.C6H6BClO2.CH4.6H2S.4H2/c1-5-23(36)9-7-6-8-10-25(28-33-20-26(39-28)21-11-13-22(32)14-12-21)34-27(37)24-19-31(24)15-17-35(18-16-31)29(38)40-30(2,3)4;1-2-20(31)6-4-3-5-7-22(30-24(32)21-16-26(21)12-14-28-15-13-26)25-29-17-23(33-25)18-8-10-19(27)11-9-18;1-5-17(30)9-7-6-8-10-19(22-27-16-20(26)33-22)28-21(31)18-15-25(18)11-13-29(14-12-25)23(32)34-24(2,3)4;8-6-3-1-5(2-4-6)7(9)10;;;;;;;;;;;/h11-14,20,24-25H,5-10,15-19H2,1-4H3,(H,34,37);8-11,17,21-22,28H,2-7,12-16H2,1H3,(H,30,32);16,18-19H,5-15H2,1-4H3,(H,28,31);1-4,9-10H;1H4;6*1H2;4*1H/t24-,25+;21-,22+;18-,19+;;;;;;;;;;;;/m111............/s1/i;;;;;;;;;;;4*1+1D. The molecule has 3 spiro atoms. The molecule has 124 heavy (non-hydrogen) atoms. The molecule has 35 heteroatoms. The Morgan fingerprint density at radius 2 is 0.790 bits per heavy atom.